The summed E-state index contributed by atoms with van der Waals surface area (Å²) >= 11 is 0. The van der Waals surface area contributed by atoms with Gasteiger partial charge in [-0.05, 0) is 184 Å². The van der Waals surface area contributed by atoms with Crippen molar-refractivity contribution in [1.82, 2.24) is 0 Å². The molecule has 0 fully saturated rings. The van der Waals surface area contributed by atoms with Crippen LogP contribution < -0.4 is 9.80 Å². The molecule has 0 atom stereocenters. The third kappa shape index (κ3) is 10.6. The van der Waals surface area contributed by atoms with Gasteiger partial charge in [-0.25, -0.2) is 0 Å². The van der Waals surface area contributed by atoms with Crippen molar-refractivity contribution in [1.29, 1.82) is 0 Å². The second-order valence-electron chi connectivity index (χ2n) is 25.0. The van der Waals surface area contributed by atoms with E-state index in [0.29, 0.717) is 0 Å². The molecule has 15 rings (SSSR count). The van der Waals surface area contributed by atoms with E-state index in [-0.39, 0.29) is 10.8 Å². The van der Waals surface area contributed by atoms with Gasteiger partial charge in [0.2, 0.25) is 0 Å². The average molecular weight is 1150 g/mol. The Bertz CT molecular complexity index is 4380. The maximum absolute atomic E-state index is 2.43. The van der Waals surface area contributed by atoms with Crippen LogP contribution in [0, 0.1) is 0 Å². The Morgan fingerprint density at radius 2 is 0.433 bits per heavy atom. The first-order valence-electron chi connectivity index (χ1n) is 31.4. The SMILES string of the molecule is CC1(C)c2cc(/C=C/c3ccc(/C=C/c4ccc5c(c4)C(C)(C)c4cc(N(c6cccc(-c7ccccc7)c6)c6cccc(-c7ccccc7)c6)ccc4-5)cc3)ccc2-c2ccc(N(c3cccc(-c4ccccc4)c3)c3cccc(-c4ccccc4)c3)cc21. The Labute approximate surface area is 530 Å². The first-order valence-corrected chi connectivity index (χ1v) is 31.4. The van der Waals surface area contributed by atoms with Crippen LogP contribution in [-0.4, -0.2) is 0 Å². The molecule has 0 heterocycles. The molecule has 0 amide bonds. The molecule has 2 nitrogen and oxygen atoms in total. The summed E-state index contributed by atoms with van der Waals surface area (Å²) in [4.78, 5) is 4.84. The maximum atomic E-state index is 2.43. The van der Waals surface area contributed by atoms with Gasteiger partial charge >= 0.3 is 0 Å². The Balaban J connectivity index is 0.665. The molecule has 13 aromatic carbocycles. The van der Waals surface area contributed by atoms with Crippen molar-refractivity contribution in [2.75, 3.05) is 9.80 Å². The Kier molecular flexibility index (Phi) is 14.3. The highest BCUT2D eigenvalue weighted by Crippen LogP contribution is 2.53. The zero-order valence-corrected chi connectivity index (χ0v) is 51.2. The molecule has 0 N–H and O–H groups in total. The highest BCUT2D eigenvalue weighted by molar-refractivity contribution is 5.91. The van der Waals surface area contributed by atoms with Crippen molar-refractivity contribution in [2.45, 2.75) is 38.5 Å². The molecule has 13 aromatic rings. The van der Waals surface area contributed by atoms with E-state index in [4.69, 9.17) is 0 Å². The summed E-state index contributed by atoms with van der Waals surface area (Å²) in [5.41, 5.74) is 31.0. The highest BCUT2D eigenvalue weighted by atomic mass is 15.1. The fourth-order valence-electron chi connectivity index (χ4n) is 13.8. The van der Waals surface area contributed by atoms with Crippen molar-refractivity contribution in [3.63, 3.8) is 0 Å². The van der Waals surface area contributed by atoms with Crippen molar-refractivity contribution in [2.24, 2.45) is 0 Å². The lowest BCUT2D eigenvalue weighted by molar-refractivity contribution is 0.660. The van der Waals surface area contributed by atoms with E-state index in [0.717, 1.165) is 45.3 Å². The number of nitrogens with zero attached hydrogens (tertiary/aromatic N) is 2. The van der Waals surface area contributed by atoms with Crippen LogP contribution in [0.1, 0.15) is 72.2 Å². The van der Waals surface area contributed by atoms with Crippen molar-refractivity contribution in [3.8, 4) is 66.8 Å². The zero-order chi connectivity index (χ0) is 60.8. The molecule has 0 spiro atoms. The van der Waals surface area contributed by atoms with Gasteiger partial charge in [-0.1, -0.05) is 295 Å². The third-order valence-electron chi connectivity index (χ3n) is 18.6. The van der Waals surface area contributed by atoms with Crippen LogP contribution in [-0.2, 0) is 10.8 Å². The molecule has 0 radical (unpaired) electrons. The largest absolute Gasteiger partial charge is 0.310 e. The van der Waals surface area contributed by atoms with Gasteiger partial charge in [0.15, 0.2) is 0 Å². The fraction of sp³-hybridized carbons (Fsp3) is 0.0682. The molecular weight excluding hydrogens is 1080 g/mol. The number of hydrogen-bond donors (Lipinski definition) is 0. The van der Waals surface area contributed by atoms with Crippen LogP contribution in [0.4, 0.5) is 34.1 Å². The van der Waals surface area contributed by atoms with Gasteiger partial charge in [-0.15, -0.1) is 0 Å². The summed E-state index contributed by atoms with van der Waals surface area (Å²) in [7, 11) is 0. The molecular formula is C88H68N2. The summed E-state index contributed by atoms with van der Waals surface area (Å²) < 4.78 is 0. The molecule has 2 aliphatic carbocycles. The normalized spacial score (nSPS) is 13.2. The van der Waals surface area contributed by atoms with Gasteiger partial charge in [0.1, 0.15) is 0 Å². The fourth-order valence-corrected chi connectivity index (χ4v) is 13.8. The summed E-state index contributed by atoms with van der Waals surface area (Å²) in [5, 5.41) is 0. The molecule has 2 heteroatoms. The summed E-state index contributed by atoms with van der Waals surface area (Å²) in [6.45, 7) is 9.52. The van der Waals surface area contributed by atoms with E-state index >= 15 is 0 Å². The quantitative estimate of drug-likeness (QED) is 0.100. The predicted octanol–water partition coefficient (Wildman–Crippen LogP) is 24.2. The van der Waals surface area contributed by atoms with Crippen LogP contribution >= 0.6 is 0 Å². The minimum atomic E-state index is -0.223. The summed E-state index contributed by atoms with van der Waals surface area (Å²) in [6, 6.07) is 115. The average Bonchev–Trinajstić information content (AvgIpc) is 2.35. The molecule has 0 aromatic heterocycles. The minimum absolute atomic E-state index is 0.223. The zero-order valence-electron chi connectivity index (χ0n) is 51.2. The van der Waals surface area contributed by atoms with Gasteiger partial charge in [-0.2, -0.15) is 0 Å². The lowest BCUT2D eigenvalue weighted by Gasteiger charge is -2.29. The molecule has 2 aliphatic rings. The lowest BCUT2D eigenvalue weighted by Crippen LogP contribution is -2.16. The second-order valence-corrected chi connectivity index (χ2v) is 25.0. The van der Waals surface area contributed by atoms with Crippen LogP contribution in [0.15, 0.2) is 315 Å². The molecule has 0 unspecified atom stereocenters. The summed E-state index contributed by atoms with van der Waals surface area (Å²) in [5.74, 6) is 0. The third-order valence-corrected chi connectivity index (χ3v) is 18.6. The van der Waals surface area contributed by atoms with Crippen LogP contribution in [0.5, 0.6) is 0 Å². The predicted molar refractivity (Wildman–Crippen MR) is 383 cm³/mol. The lowest BCUT2D eigenvalue weighted by atomic mass is 9.81. The van der Waals surface area contributed by atoms with Gasteiger partial charge in [0, 0.05) is 45.0 Å². The van der Waals surface area contributed by atoms with Gasteiger partial charge in [0.05, 0.1) is 0 Å². The number of anilines is 6. The molecule has 430 valence electrons. The van der Waals surface area contributed by atoms with E-state index in [1.165, 1.54) is 100 Å². The van der Waals surface area contributed by atoms with E-state index in [2.05, 4.69) is 377 Å². The van der Waals surface area contributed by atoms with Gasteiger partial charge < -0.3 is 9.80 Å². The number of benzene rings is 13. The second kappa shape index (κ2) is 23.2. The topological polar surface area (TPSA) is 6.48 Å². The molecule has 0 saturated heterocycles. The van der Waals surface area contributed by atoms with Gasteiger partial charge in [0.25, 0.3) is 0 Å². The van der Waals surface area contributed by atoms with E-state index in [9.17, 15) is 0 Å². The van der Waals surface area contributed by atoms with Crippen LogP contribution in [0.25, 0.3) is 91.1 Å². The van der Waals surface area contributed by atoms with Crippen LogP contribution in [0.3, 0.4) is 0 Å². The molecule has 0 bridgehead atoms. The molecule has 0 aliphatic heterocycles. The van der Waals surface area contributed by atoms with Crippen molar-refractivity contribution < 1.29 is 0 Å². The van der Waals surface area contributed by atoms with Crippen LogP contribution in [0.2, 0.25) is 0 Å². The Hall–Kier alpha value is -11.1. The minimum Gasteiger partial charge on any atom is -0.310 e. The monoisotopic (exact) mass is 1150 g/mol. The number of rotatable bonds is 14. The highest BCUT2D eigenvalue weighted by Gasteiger charge is 2.38. The van der Waals surface area contributed by atoms with E-state index in [1.807, 2.05) is 0 Å². The number of hydrogen-bond acceptors (Lipinski definition) is 2. The Morgan fingerprint density at radius 1 is 0.200 bits per heavy atom. The van der Waals surface area contributed by atoms with Crippen molar-refractivity contribution in [3.05, 3.63) is 360 Å². The molecule has 0 saturated carbocycles. The number of fused-ring (bicyclic) bond motifs is 6. The van der Waals surface area contributed by atoms with Crippen molar-refractivity contribution >= 4 is 58.4 Å². The maximum Gasteiger partial charge on any atom is 0.0467 e. The first-order chi connectivity index (χ1) is 44.1. The van der Waals surface area contributed by atoms with E-state index in [1.54, 1.807) is 0 Å². The molecule has 90 heavy (non-hydrogen) atoms. The Morgan fingerprint density at radius 3 is 0.733 bits per heavy atom. The standard InChI is InChI=1S/C88H68N2/c1-87(2)83-53-63(45-49-79(83)81-51-47-77(59-85(81)87)89(73-33-17-29-69(55-73)65-21-9-5-10-22-65)74-34-18-30-70(56-74)66-23-11-6-12-24-66)43-41-61-37-39-62(40-38-61)42-44-64-46-50-80-82-52-48-78(60-86(82)88(3,4)84(80)54-64)90(75-35-19-31-71(57-75)67-25-13-7-14-26-67)76-36-20-32-72(58-76)68-27-15-8-16-28-68/h5-60H,1-4H3/b43-41+,44-42+. The smallest absolute Gasteiger partial charge is 0.0467 e. The first kappa shape index (κ1) is 55.5. The summed E-state index contributed by atoms with van der Waals surface area (Å²) in [6.07, 6.45) is 8.99. The van der Waals surface area contributed by atoms with Gasteiger partial charge in [-0.3, -0.25) is 0 Å². The van der Waals surface area contributed by atoms with E-state index < -0.39 is 0 Å².